The molecule has 66 valence electrons. The monoisotopic (exact) mass is 278 g/mol. The number of rotatable bonds is 3. The summed E-state index contributed by atoms with van der Waals surface area (Å²) in [5, 5.41) is 0. The molecule has 1 rings (SSSR count). The first-order chi connectivity index (χ1) is 5.67. The van der Waals surface area contributed by atoms with Crippen LogP contribution in [0.3, 0.4) is 0 Å². The van der Waals surface area contributed by atoms with Gasteiger partial charge >= 0.3 is 75.0 Å². The van der Waals surface area contributed by atoms with Crippen LogP contribution in [0.15, 0.2) is 30.3 Å². The molecule has 0 aromatic heterocycles. The first-order valence-corrected chi connectivity index (χ1v) is 7.78. The van der Waals surface area contributed by atoms with Crippen LogP contribution >= 0.6 is 0 Å². The maximum absolute atomic E-state index is 11.3. The van der Waals surface area contributed by atoms with E-state index in [0.717, 1.165) is 0 Å². The third-order valence-corrected chi connectivity index (χ3v) is 4.97. The molecule has 1 N–H and O–H groups in total. The van der Waals surface area contributed by atoms with Crippen molar-refractivity contribution in [2.45, 2.75) is 0 Å². The van der Waals surface area contributed by atoms with Gasteiger partial charge in [0.25, 0.3) is 0 Å². The molecule has 0 saturated heterocycles. The molecule has 4 nitrogen and oxygen atoms in total. The van der Waals surface area contributed by atoms with Gasteiger partial charge in [-0.2, -0.15) is 0 Å². The van der Waals surface area contributed by atoms with Gasteiger partial charge in [0.2, 0.25) is 0 Å². The van der Waals surface area contributed by atoms with Crippen LogP contribution in [0.25, 0.3) is 0 Å². The van der Waals surface area contributed by atoms with Gasteiger partial charge in [0.15, 0.2) is 0 Å². The van der Waals surface area contributed by atoms with E-state index < -0.39 is 19.6 Å². The second kappa shape index (κ2) is 4.10. The molecule has 1 aromatic carbocycles. The van der Waals surface area contributed by atoms with Gasteiger partial charge in [-0.1, -0.05) is 0 Å². The molecule has 0 bridgehead atoms. The number of benzene rings is 1. The fourth-order valence-corrected chi connectivity index (χ4v) is 3.15. The quantitative estimate of drug-likeness (QED) is 0.474. The number of hydrogen-bond acceptors (Lipinski definition) is 3. The molecule has 0 aliphatic rings. The molecule has 0 radical (unpaired) electrons. The molecule has 0 fully saturated rings. The summed E-state index contributed by atoms with van der Waals surface area (Å²) in [6.45, 7) is 0. The second-order valence-corrected chi connectivity index (χ2v) is 6.97. The van der Waals surface area contributed by atoms with Gasteiger partial charge in [-0.25, -0.2) is 0 Å². The van der Waals surface area contributed by atoms with Gasteiger partial charge in [-0.15, -0.1) is 0 Å². The van der Waals surface area contributed by atoms with Crippen LogP contribution in [-0.4, -0.2) is 30.1 Å². The van der Waals surface area contributed by atoms with Gasteiger partial charge in [-0.05, 0) is 0 Å². The summed E-state index contributed by atoms with van der Waals surface area (Å²) >= 11 is -4.68. The van der Waals surface area contributed by atoms with Gasteiger partial charge < -0.3 is 0 Å². The molecule has 0 aliphatic carbocycles. The number of hydrogen-bond donors (Lipinski definition) is 1. The van der Waals surface area contributed by atoms with Gasteiger partial charge in [0.1, 0.15) is 0 Å². The zero-order valence-corrected chi connectivity index (χ0v) is 9.06. The second-order valence-electron chi connectivity index (χ2n) is 2.10. The van der Waals surface area contributed by atoms with E-state index in [1.54, 1.807) is 18.2 Å². The summed E-state index contributed by atoms with van der Waals surface area (Å²) in [6, 6.07) is 8.18. The topological polar surface area (TPSA) is 55.8 Å². The molecule has 0 saturated carbocycles. The SMILES string of the molecule is CO[O][Sb](=[O])([OH])[c]1ccccc1. The van der Waals surface area contributed by atoms with Gasteiger partial charge in [0.05, 0.1) is 0 Å². The molecule has 1 unspecified atom stereocenters. The van der Waals surface area contributed by atoms with Crippen LogP contribution in [0.1, 0.15) is 0 Å². The fourth-order valence-electron chi connectivity index (χ4n) is 0.760. The third-order valence-electron chi connectivity index (χ3n) is 1.26. The van der Waals surface area contributed by atoms with Crippen molar-refractivity contribution in [2.24, 2.45) is 0 Å². The minimum atomic E-state index is -4.68. The molecule has 5 heteroatoms. The molecule has 0 amide bonds. The predicted molar refractivity (Wildman–Crippen MR) is 42.8 cm³/mol. The van der Waals surface area contributed by atoms with Crippen LogP contribution in [0, 0.1) is 0 Å². The summed E-state index contributed by atoms with van der Waals surface area (Å²) in [5.41, 5.74) is 0. The van der Waals surface area contributed by atoms with Crippen LogP contribution in [-0.2, 0) is 11.1 Å². The Kier molecular flexibility index (Phi) is 3.35. The normalized spacial score (nSPS) is 15.5. The van der Waals surface area contributed by atoms with Crippen molar-refractivity contribution in [3.63, 3.8) is 0 Å². The average Bonchev–Trinajstić information content (AvgIpc) is 2.06. The summed E-state index contributed by atoms with van der Waals surface area (Å²) < 4.78 is 25.2. The molecule has 1 aromatic rings. The standard InChI is InChI=1S/C6H5.CH4O2.H2O.O.Sb/c1-2-4-6-5-3-1;1-3-2;;;/h1-5H;2H,1H3;1H2;;/q;;;;+2/p-2. The Bertz CT molecular complexity index is 285. The summed E-state index contributed by atoms with van der Waals surface area (Å²) in [7, 11) is 1.21. The Hall–Kier alpha value is -0.282. The molecule has 1 atom stereocenters. The first kappa shape index (κ1) is 9.80. The zero-order valence-electron chi connectivity index (χ0n) is 6.51. The van der Waals surface area contributed by atoms with Gasteiger partial charge in [-0.3, -0.25) is 0 Å². The van der Waals surface area contributed by atoms with Crippen LogP contribution < -0.4 is 3.51 Å². The Morgan fingerprint density at radius 3 is 2.42 bits per heavy atom. The summed E-state index contributed by atoms with van der Waals surface area (Å²) in [5.74, 6) is 0. The van der Waals surface area contributed by atoms with E-state index in [-0.39, 0.29) is 0 Å². The van der Waals surface area contributed by atoms with E-state index in [4.69, 9.17) is 0 Å². The molecule has 12 heavy (non-hydrogen) atoms. The van der Waals surface area contributed by atoms with Crippen LogP contribution in [0.2, 0.25) is 0 Å². The Morgan fingerprint density at radius 1 is 1.33 bits per heavy atom. The molecular formula is C7H9O4Sb. The maximum atomic E-state index is 11.3. The van der Waals surface area contributed by atoms with Crippen molar-refractivity contribution >= 4 is 23.1 Å². The molecule has 0 aliphatic heterocycles. The van der Waals surface area contributed by atoms with Crippen molar-refractivity contribution in [1.29, 1.82) is 0 Å². The Labute approximate surface area is 75.2 Å². The van der Waals surface area contributed by atoms with Crippen LogP contribution in [0.4, 0.5) is 0 Å². The molecule has 0 spiro atoms. The van der Waals surface area contributed by atoms with E-state index in [1.165, 1.54) is 19.2 Å². The van der Waals surface area contributed by atoms with Crippen molar-refractivity contribution in [1.82, 2.24) is 0 Å². The summed E-state index contributed by atoms with van der Waals surface area (Å²) in [6.07, 6.45) is 0. The predicted octanol–water partition coefficient (Wildman–Crippen LogP) is -0.167. The van der Waals surface area contributed by atoms with Crippen molar-refractivity contribution in [3.05, 3.63) is 30.3 Å². The Balaban J connectivity index is 2.90. The average molecular weight is 279 g/mol. The van der Waals surface area contributed by atoms with E-state index >= 15 is 0 Å². The molecular weight excluding hydrogens is 270 g/mol. The first-order valence-electron chi connectivity index (χ1n) is 3.27. The summed E-state index contributed by atoms with van der Waals surface area (Å²) in [4.78, 5) is 4.19. The molecule has 0 heterocycles. The Morgan fingerprint density at radius 2 is 1.92 bits per heavy atom. The minimum absolute atomic E-state index is 0.304. The van der Waals surface area contributed by atoms with E-state index in [9.17, 15) is 6.40 Å². The van der Waals surface area contributed by atoms with Crippen molar-refractivity contribution in [2.75, 3.05) is 7.11 Å². The van der Waals surface area contributed by atoms with E-state index in [1.807, 2.05) is 0 Å². The van der Waals surface area contributed by atoms with E-state index in [0.29, 0.717) is 3.51 Å². The third kappa shape index (κ3) is 2.35. The fraction of sp³-hybridized carbons (Fsp3) is 0.143. The van der Waals surface area contributed by atoms with Crippen molar-refractivity contribution < 1.29 is 14.5 Å². The van der Waals surface area contributed by atoms with Crippen LogP contribution in [0.5, 0.6) is 0 Å². The van der Waals surface area contributed by atoms with Gasteiger partial charge in [0, 0.05) is 0 Å². The zero-order chi connectivity index (χ0) is 9.03. The van der Waals surface area contributed by atoms with Crippen molar-refractivity contribution in [3.8, 4) is 0 Å². The van der Waals surface area contributed by atoms with E-state index in [2.05, 4.69) is 8.05 Å².